The van der Waals surface area contributed by atoms with E-state index in [0.717, 1.165) is 29.9 Å². The third-order valence-electron chi connectivity index (χ3n) is 4.57. The van der Waals surface area contributed by atoms with Gasteiger partial charge in [-0.1, -0.05) is 45.8 Å². The van der Waals surface area contributed by atoms with Crippen LogP contribution in [0.1, 0.15) is 27.2 Å². The fourth-order valence-electron chi connectivity index (χ4n) is 3.10. The summed E-state index contributed by atoms with van der Waals surface area (Å²) in [6, 6.07) is 19.1. The zero-order chi connectivity index (χ0) is 22.7. The molecule has 162 valence electrons. The lowest BCUT2D eigenvalue weighted by molar-refractivity contribution is 0.0929. The fourth-order valence-corrected chi connectivity index (χ4v) is 4.93. The average Bonchev–Trinajstić information content (AvgIpc) is 3.16. The Morgan fingerprint density at radius 3 is 2.59 bits per heavy atom. The van der Waals surface area contributed by atoms with Gasteiger partial charge in [0, 0.05) is 9.86 Å². The average molecular weight is 621 g/mol. The van der Waals surface area contributed by atoms with Crippen LogP contribution >= 0.6 is 47.8 Å². The van der Waals surface area contributed by atoms with Gasteiger partial charge in [0.15, 0.2) is 5.76 Å². The summed E-state index contributed by atoms with van der Waals surface area (Å²) in [6.07, 6.45) is 1.55. The number of hydrogen-bond donors (Lipinski definition) is 1. The molecule has 1 amide bonds. The Balaban J connectivity index is 1.41. The molecule has 4 aromatic rings. The highest BCUT2D eigenvalue weighted by Crippen LogP contribution is 2.35. The predicted octanol–water partition coefficient (Wildman–Crippen LogP) is 7.37. The summed E-state index contributed by atoms with van der Waals surface area (Å²) in [5, 5.41) is 4.88. The number of hydrazone groups is 1. The van der Waals surface area contributed by atoms with E-state index >= 15 is 0 Å². The number of benzene rings is 3. The summed E-state index contributed by atoms with van der Waals surface area (Å²) in [6.45, 7) is 2.51. The molecule has 0 aliphatic rings. The van der Waals surface area contributed by atoms with Crippen molar-refractivity contribution in [2.24, 2.45) is 5.10 Å². The molecule has 3 aromatic carbocycles. The van der Waals surface area contributed by atoms with E-state index in [2.05, 4.69) is 77.4 Å². The first-order valence-electron chi connectivity index (χ1n) is 9.59. The van der Waals surface area contributed by atoms with Gasteiger partial charge < -0.3 is 9.15 Å². The van der Waals surface area contributed by atoms with Crippen LogP contribution in [0.4, 0.5) is 0 Å². The first-order valence-corrected chi connectivity index (χ1v) is 12.0. The van der Waals surface area contributed by atoms with Crippen LogP contribution in [0.3, 0.4) is 0 Å². The second kappa shape index (κ2) is 10.0. The second-order valence-corrected chi connectivity index (χ2v) is 9.71. The van der Waals surface area contributed by atoms with Gasteiger partial charge in [0.25, 0.3) is 0 Å². The smallest absolute Gasteiger partial charge is 0.307 e. The Morgan fingerprint density at radius 1 is 1.06 bits per heavy atom. The number of rotatable bonds is 6. The van der Waals surface area contributed by atoms with Crippen LogP contribution < -0.4 is 10.2 Å². The number of fused-ring (bicyclic) bond motifs is 1. The van der Waals surface area contributed by atoms with E-state index in [1.807, 2.05) is 36.4 Å². The van der Waals surface area contributed by atoms with E-state index in [4.69, 9.17) is 9.15 Å². The molecule has 4 rings (SSSR count). The molecule has 1 N–H and O–H groups in total. The number of ether oxygens (including phenoxy) is 1. The number of carbonyl (C=O) groups is 1. The van der Waals surface area contributed by atoms with Crippen LogP contribution in [0.25, 0.3) is 11.0 Å². The Hall–Kier alpha value is -2.42. The molecule has 0 saturated carbocycles. The Morgan fingerprint density at radius 2 is 1.84 bits per heavy atom. The lowest BCUT2D eigenvalue weighted by Gasteiger charge is -2.11. The largest absolute Gasteiger partial charge is 0.487 e. The fraction of sp³-hybridized carbons (Fsp3) is 0.0833. The summed E-state index contributed by atoms with van der Waals surface area (Å²) in [7, 11) is 0. The molecule has 0 fully saturated rings. The zero-order valence-electron chi connectivity index (χ0n) is 16.9. The molecule has 0 aliphatic heterocycles. The number of nitrogens with one attached hydrogen (secondary N) is 1. The van der Waals surface area contributed by atoms with E-state index in [0.29, 0.717) is 17.9 Å². The van der Waals surface area contributed by atoms with E-state index < -0.39 is 5.91 Å². The number of furan rings is 1. The topological polar surface area (TPSA) is 63.8 Å². The molecule has 0 atom stereocenters. The van der Waals surface area contributed by atoms with Crippen LogP contribution in [0.15, 0.2) is 83.6 Å². The third-order valence-corrected chi connectivity index (χ3v) is 6.24. The lowest BCUT2D eigenvalue weighted by atomic mass is 10.1. The second-order valence-electron chi connectivity index (χ2n) is 7.08. The van der Waals surface area contributed by atoms with Gasteiger partial charge in [0.05, 0.1) is 15.2 Å². The van der Waals surface area contributed by atoms with Crippen molar-refractivity contribution in [3.8, 4) is 5.75 Å². The van der Waals surface area contributed by atoms with Crippen molar-refractivity contribution in [2.75, 3.05) is 0 Å². The highest BCUT2D eigenvalue weighted by Gasteiger charge is 2.12. The first-order chi connectivity index (χ1) is 15.4. The summed E-state index contributed by atoms with van der Waals surface area (Å²) >= 11 is 10.5. The number of carbonyl (C=O) groups excluding carboxylic acids is 1. The Bertz CT molecular complexity index is 1310. The molecule has 0 radical (unpaired) electrons. The summed E-state index contributed by atoms with van der Waals surface area (Å²) in [5.74, 6) is 0.462. The molecule has 32 heavy (non-hydrogen) atoms. The number of amides is 1. The van der Waals surface area contributed by atoms with Crippen molar-refractivity contribution < 1.29 is 13.9 Å². The van der Waals surface area contributed by atoms with Crippen LogP contribution in [0.5, 0.6) is 5.75 Å². The minimum Gasteiger partial charge on any atom is -0.487 e. The van der Waals surface area contributed by atoms with Crippen molar-refractivity contribution in [1.82, 2.24) is 5.43 Å². The predicted molar refractivity (Wildman–Crippen MR) is 136 cm³/mol. The van der Waals surface area contributed by atoms with Crippen molar-refractivity contribution >= 4 is 70.9 Å². The van der Waals surface area contributed by atoms with Gasteiger partial charge in [-0.25, -0.2) is 5.43 Å². The lowest BCUT2D eigenvalue weighted by Crippen LogP contribution is -2.16. The van der Waals surface area contributed by atoms with Gasteiger partial charge >= 0.3 is 5.91 Å². The Kier molecular flexibility index (Phi) is 7.13. The number of halogens is 3. The quantitative estimate of drug-likeness (QED) is 0.181. The molecular weight excluding hydrogens is 604 g/mol. The minimum atomic E-state index is -0.426. The standard InChI is InChI=1S/C24H17Br3N2O3/c1-14-3-2-4-15(7-14)13-31-23-19(26)8-16(9-20(23)27)12-28-29-24(30)22-11-17-10-18(25)5-6-21(17)32-22/h2-12H,13H2,1H3,(H,29,30)/b28-12+. The number of aryl methyl sites for hydroxylation is 1. The zero-order valence-corrected chi connectivity index (χ0v) is 21.6. The van der Waals surface area contributed by atoms with Crippen molar-refractivity contribution in [3.63, 3.8) is 0 Å². The molecule has 1 aromatic heterocycles. The van der Waals surface area contributed by atoms with Crippen LogP contribution in [-0.2, 0) is 6.61 Å². The monoisotopic (exact) mass is 618 g/mol. The molecule has 8 heteroatoms. The molecule has 0 aliphatic carbocycles. The minimum absolute atomic E-state index is 0.192. The van der Waals surface area contributed by atoms with Gasteiger partial charge in [-0.3, -0.25) is 4.79 Å². The third kappa shape index (κ3) is 5.49. The summed E-state index contributed by atoms with van der Waals surface area (Å²) in [5.41, 5.74) is 6.19. The van der Waals surface area contributed by atoms with Gasteiger partial charge in [0.1, 0.15) is 17.9 Å². The normalized spacial score (nSPS) is 11.2. The molecular formula is C24H17Br3N2O3. The Labute approximate surface area is 210 Å². The van der Waals surface area contributed by atoms with E-state index in [9.17, 15) is 4.79 Å². The van der Waals surface area contributed by atoms with Crippen LogP contribution in [0, 0.1) is 6.92 Å². The van der Waals surface area contributed by atoms with Gasteiger partial charge in [-0.15, -0.1) is 0 Å². The summed E-state index contributed by atoms with van der Waals surface area (Å²) < 4.78 is 14.0. The molecule has 0 bridgehead atoms. The maximum Gasteiger partial charge on any atom is 0.307 e. The first kappa shape index (κ1) is 22.8. The van der Waals surface area contributed by atoms with Crippen LogP contribution in [-0.4, -0.2) is 12.1 Å². The summed E-state index contributed by atoms with van der Waals surface area (Å²) in [4.78, 5) is 12.4. The SMILES string of the molecule is Cc1cccc(COc2c(Br)cc(/C=N/NC(=O)c3cc4cc(Br)ccc4o3)cc2Br)c1. The number of nitrogens with zero attached hydrogens (tertiary/aromatic N) is 1. The van der Waals surface area contributed by atoms with Crippen molar-refractivity contribution in [2.45, 2.75) is 13.5 Å². The van der Waals surface area contributed by atoms with E-state index in [1.165, 1.54) is 5.56 Å². The van der Waals surface area contributed by atoms with E-state index in [1.54, 1.807) is 18.3 Å². The van der Waals surface area contributed by atoms with Gasteiger partial charge in [-0.05, 0) is 86.3 Å². The van der Waals surface area contributed by atoms with Gasteiger partial charge in [-0.2, -0.15) is 5.10 Å². The van der Waals surface area contributed by atoms with Crippen LogP contribution in [0.2, 0.25) is 0 Å². The van der Waals surface area contributed by atoms with Gasteiger partial charge in [0.2, 0.25) is 0 Å². The highest BCUT2D eigenvalue weighted by atomic mass is 79.9. The van der Waals surface area contributed by atoms with Crippen molar-refractivity contribution in [3.05, 3.63) is 96.5 Å². The molecule has 5 nitrogen and oxygen atoms in total. The number of hydrogen-bond acceptors (Lipinski definition) is 4. The highest BCUT2D eigenvalue weighted by molar-refractivity contribution is 9.11. The van der Waals surface area contributed by atoms with E-state index in [-0.39, 0.29) is 5.76 Å². The molecule has 0 saturated heterocycles. The maximum absolute atomic E-state index is 12.4. The molecule has 1 heterocycles. The molecule has 0 spiro atoms. The molecule has 0 unspecified atom stereocenters. The van der Waals surface area contributed by atoms with Crippen molar-refractivity contribution in [1.29, 1.82) is 0 Å². The maximum atomic E-state index is 12.4.